The maximum Gasteiger partial charge on any atom is 0.230 e. The first-order chi connectivity index (χ1) is 11.8. The zero-order chi connectivity index (χ0) is 16.4. The number of carbonyl (C=O) groups excluding carboxylic acids is 1. The number of nitrogens with zero attached hydrogens (tertiary/aromatic N) is 2. The molecule has 2 N–H and O–H groups in total. The molecule has 0 spiro atoms. The van der Waals surface area contributed by atoms with E-state index in [1.807, 2.05) is 12.1 Å². The first-order valence-corrected chi connectivity index (χ1v) is 10.1. The average Bonchev–Trinajstić information content (AvgIpc) is 3.50. The molecule has 6 nitrogen and oxygen atoms in total. The van der Waals surface area contributed by atoms with Gasteiger partial charge < -0.3 is 15.1 Å². The van der Waals surface area contributed by atoms with Crippen molar-refractivity contribution in [1.29, 1.82) is 0 Å². The maximum atomic E-state index is 12.2. The number of rotatable bonds is 9. The topological polar surface area (TPSA) is 80.1 Å². The molecule has 2 aromatic heterocycles. The van der Waals surface area contributed by atoms with Crippen LogP contribution in [0.5, 0.6) is 0 Å². The Labute approximate surface area is 148 Å². The Morgan fingerprint density at radius 2 is 2.12 bits per heavy atom. The van der Waals surface area contributed by atoms with Crippen LogP contribution in [0.25, 0.3) is 0 Å². The molecule has 2 fully saturated rings. The van der Waals surface area contributed by atoms with Crippen molar-refractivity contribution >= 4 is 34.1 Å². The van der Waals surface area contributed by atoms with Gasteiger partial charge in [0.15, 0.2) is 4.34 Å². The zero-order valence-corrected chi connectivity index (χ0v) is 14.9. The molecule has 0 bridgehead atoms. The van der Waals surface area contributed by atoms with Crippen molar-refractivity contribution < 1.29 is 9.21 Å². The highest BCUT2D eigenvalue weighted by Gasteiger charge is 2.42. The van der Waals surface area contributed by atoms with E-state index in [4.69, 9.17) is 4.42 Å². The van der Waals surface area contributed by atoms with Gasteiger partial charge in [0.25, 0.3) is 0 Å². The molecule has 0 aliphatic heterocycles. The van der Waals surface area contributed by atoms with Crippen LogP contribution in [-0.4, -0.2) is 27.9 Å². The van der Waals surface area contributed by atoms with Gasteiger partial charge in [0.05, 0.1) is 18.6 Å². The molecule has 1 amide bonds. The van der Waals surface area contributed by atoms with E-state index in [-0.39, 0.29) is 5.91 Å². The minimum absolute atomic E-state index is 0.115. The molecule has 128 valence electrons. The van der Waals surface area contributed by atoms with Crippen LogP contribution < -0.4 is 10.6 Å². The van der Waals surface area contributed by atoms with Gasteiger partial charge in [-0.1, -0.05) is 23.1 Å². The van der Waals surface area contributed by atoms with Crippen LogP contribution in [0.2, 0.25) is 0 Å². The van der Waals surface area contributed by atoms with Gasteiger partial charge in [-0.3, -0.25) is 4.79 Å². The van der Waals surface area contributed by atoms with E-state index in [9.17, 15) is 4.79 Å². The number of hydrogen-bond acceptors (Lipinski definition) is 7. The van der Waals surface area contributed by atoms with E-state index >= 15 is 0 Å². The quantitative estimate of drug-likeness (QED) is 0.666. The van der Waals surface area contributed by atoms with Crippen LogP contribution >= 0.6 is 23.1 Å². The second-order valence-electron chi connectivity index (χ2n) is 6.36. The van der Waals surface area contributed by atoms with Gasteiger partial charge in [-0.15, -0.1) is 10.2 Å². The standard InChI is InChI=1S/C16H20N4O2S2/c21-13(18-14(10-3-4-10)11-5-6-11)9-23-16-20-19-15(24-16)17-8-12-2-1-7-22-12/h1-2,7,10-11,14H,3-6,8-9H2,(H,17,19)(H,18,21). The second-order valence-corrected chi connectivity index (χ2v) is 8.56. The predicted octanol–water partition coefficient (Wildman–Crippen LogP) is 3.14. The summed E-state index contributed by atoms with van der Waals surface area (Å²) < 4.78 is 6.07. The van der Waals surface area contributed by atoms with Gasteiger partial charge in [0, 0.05) is 6.04 Å². The third-order valence-electron chi connectivity index (χ3n) is 4.31. The Morgan fingerprint density at radius 3 is 2.79 bits per heavy atom. The minimum atomic E-state index is 0.115. The molecule has 0 atom stereocenters. The van der Waals surface area contributed by atoms with Crippen molar-refractivity contribution in [3.8, 4) is 0 Å². The van der Waals surface area contributed by atoms with E-state index in [1.165, 1.54) is 48.8 Å². The second kappa shape index (κ2) is 7.14. The number of furan rings is 1. The Bertz CT molecular complexity index is 668. The van der Waals surface area contributed by atoms with Gasteiger partial charge >= 0.3 is 0 Å². The lowest BCUT2D eigenvalue weighted by Gasteiger charge is -2.17. The highest BCUT2D eigenvalue weighted by molar-refractivity contribution is 8.01. The summed E-state index contributed by atoms with van der Waals surface area (Å²) in [6, 6.07) is 4.18. The van der Waals surface area contributed by atoms with Crippen molar-refractivity contribution in [2.75, 3.05) is 11.1 Å². The fourth-order valence-corrected chi connectivity index (χ4v) is 4.36. The molecule has 0 saturated heterocycles. The lowest BCUT2D eigenvalue weighted by molar-refractivity contribution is -0.119. The molecule has 2 aliphatic carbocycles. The lowest BCUT2D eigenvalue weighted by atomic mass is 10.1. The molecule has 0 aromatic carbocycles. The Hall–Kier alpha value is -1.54. The molecular weight excluding hydrogens is 344 g/mol. The van der Waals surface area contributed by atoms with Crippen molar-refractivity contribution in [3.63, 3.8) is 0 Å². The van der Waals surface area contributed by atoms with Crippen molar-refractivity contribution in [2.24, 2.45) is 11.8 Å². The summed E-state index contributed by atoms with van der Waals surface area (Å²) >= 11 is 2.91. The molecule has 4 rings (SSSR count). The van der Waals surface area contributed by atoms with E-state index in [0.29, 0.717) is 18.3 Å². The number of hydrogen-bond donors (Lipinski definition) is 2. The van der Waals surface area contributed by atoms with Crippen LogP contribution in [0.4, 0.5) is 5.13 Å². The summed E-state index contributed by atoms with van der Waals surface area (Å²) in [4.78, 5) is 12.2. The van der Waals surface area contributed by atoms with Gasteiger partial charge in [0.1, 0.15) is 5.76 Å². The van der Waals surface area contributed by atoms with E-state index in [1.54, 1.807) is 6.26 Å². The zero-order valence-electron chi connectivity index (χ0n) is 13.2. The number of nitrogens with one attached hydrogen (secondary N) is 2. The fraction of sp³-hybridized carbons (Fsp3) is 0.562. The van der Waals surface area contributed by atoms with E-state index in [2.05, 4.69) is 20.8 Å². The van der Waals surface area contributed by atoms with Crippen molar-refractivity contribution in [3.05, 3.63) is 24.2 Å². The average molecular weight is 364 g/mol. The van der Waals surface area contributed by atoms with Gasteiger partial charge in [0.2, 0.25) is 11.0 Å². The monoisotopic (exact) mass is 364 g/mol. The highest BCUT2D eigenvalue weighted by Crippen LogP contribution is 2.44. The molecule has 2 aliphatic rings. The Morgan fingerprint density at radius 1 is 1.33 bits per heavy atom. The number of anilines is 1. The summed E-state index contributed by atoms with van der Waals surface area (Å²) in [7, 11) is 0. The van der Waals surface area contributed by atoms with Gasteiger partial charge in [-0.2, -0.15) is 0 Å². The molecule has 0 radical (unpaired) electrons. The number of aromatic nitrogens is 2. The summed E-state index contributed by atoms with van der Waals surface area (Å²) in [5.74, 6) is 2.83. The third kappa shape index (κ3) is 4.30. The van der Waals surface area contributed by atoms with Gasteiger partial charge in [-0.05, 0) is 49.7 Å². The third-order valence-corrected chi connectivity index (χ3v) is 6.33. The Kier molecular flexibility index (Phi) is 4.75. The minimum Gasteiger partial charge on any atom is -0.467 e. The van der Waals surface area contributed by atoms with Crippen LogP contribution in [0.1, 0.15) is 31.4 Å². The van der Waals surface area contributed by atoms with Crippen LogP contribution in [-0.2, 0) is 11.3 Å². The number of carbonyl (C=O) groups is 1. The SMILES string of the molecule is O=C(CSc1nnc(NCc2ccco2)s1)NC(C1CC1)C1CC1. The van der Waals surface area contributed by atoms with Crippen molar-refractivity contribution in [2.45, 2.75) is 42.6 Å². The fourth-order valence-electron chi connectivity index (χ4n) is 2.80. The molecule has 0 unspecified atom stereocenters. The molecule has 24 heavy (non-hydrogen) atoms. The Balaban J connectivity index is 1.21. The maximum absolute atomic E-state index is 12.2. The van der Waals surface area contributed by atoms with E-state index < -0.39 is 0 Å². The molecular formula is C16H20N4O2S2. The van der Waals surface area contributed by atoms with Gasteiger partial charge in [-0.25, -0.2) is 0 Å². The smallest absolute Gasteiger partial charge is 0.230 e. The molecule has 2 aromatic rings. The first-order valence-electron chi connectivity index (χ1n) is 8.30. The normalized spacial score (nSPS) is 17.2. The summed E-state index contributed by atoms with van der Waals surface area (Å²) in [5, 5.41) is 15.4. The molecule has 8 heteroatoms. The summed E-state index contributed by atoms with van der Waals surface area (Å²) in [6.45, 7) is 0.581. The van der Waals surface area contributed by atoms with E-state index in [0.717, 1.165) is 27.1 Å². The largest absolute Gasteiger partial charge is 0.467 e. The number of amides is 1. The highest BCUT2D eigenvalue weighted by atomic mass is 32.2. The molecule has 2 heterocycles. The van der Waals surface area contributed by atoms with Crippen molar-refractivity contribution in [1.82, 2.24) is 15.5 Å². The predicted molar refractivity (Wildman–Crippen MR) is 94.0 cm³/mol. The summed E-state index contributed by atoms with van der Waals surface area (Å²) in [6.07, 6.45) is 6.74. The first kappa shape index (κ1) is 16.0. The van der Waals surface area contributed by atoms with Crippen LogP contribution in [0.15, 0.2) is 27.2 Å². The lowest BCUT2D eigenvalue weighted by Crippen LogP contribution is -2.39. The summed E-state index contributed by atoms with van der Waals surface area (Å²) in [5.41, 5.74) is 0. The van der Waals surface area contributed by atoms with Crippen LogP contribution in [0, 0.1) is 11.8 Å². The molecule has 2 saturated carbocycles. The number of thioether (sulfide) groups is 1. The van der Waals surface area contributed by atoms with Crippen LogP contribution in [0.3, 0.4) is 0 Å².